The second kappa shape index (κ2) is 9.52. The Labute approximate surface area is 162 Å². The predicted octanol–water partition coefficient (Wildman–Crippen LogP) is 7.08. The van der Waals surface area contributed by atoms with Crippen LogP contribution >= 0.6 is 0 Å². The Balaban J connectivity index is 1.56. The van der Waals surface area contributed by atoms with E-state index < -0.39 is 11.6 Å². The molecule has 1 atom stereocenters. The molecule has 1 nitrogen and oxygen atoms in total. The van der Waals surface area contributed by atoms with Crippen LogP contribution in [0.3, 0.4) is 0 Å². The van der Waals surface area contributed by atoms with Gasteiger partial charge in [-0.15, -0.1) is 0 Å². The molecule has 0 amide bonds. The van der Waals surface area contributed by atoms with Crippen molar-refractivity contribution in [1.29, 1.82) is 0 Å². The van der Waals surface area contributed by atoms with E-state index in [2.05, 4.69) is 12.7 Å². The summed E-state index contributed by atoms with van der Waals surface area (Å²) in [6.45, 7) is 6.26. The van der Waals surface area contributed by atoms with E-state index in [0.717, 1.165) is 50.7 Å². The molecule has 2 aliphatic rings. The SMILES string of the molecule is C=CCOC1=CC[C@H](C2CCC(c3ccc(CCC)c(F)c3F)CC2)CC1. The van der Waals surface area contributed by atoms with E-state index in [9.17, 15) is 8.78 Å². The maximum Gasteiger partial charge on any atom is 0.162 e. The lowest BCUT2D eigenvalue weighted by molar-refractivity contribution is 0.178. The Morgan fingerprint density at radius 1 is 1.07 bits per heavy atom. The quantitative estimate of drug-likeness (QED) is 0.463. The smallest absolute Gasteiger partial charge is 0.162 e. The molecule has 3 heteroatoms. The molecular formula is C24H32F2O. The summed E-state index contributed by atoms with van der Waals surface area (Å²) >= 11 is 0. The highest BCUT2D eigenvalue weighted by Crippen LogP contribution is 2.43. The molecule has 0 radical (unpaired) electrons. The number of halogens is 2. The zero-order chi connectivity index (χ0) is 19.2. The first-order valence-electron chi connectivity index (χ1n) is 10.5. The molecule has 0 saturated heterocycles. The van der Waals surface area contributed by atoms with Gasteiger partial charge in [-0.05, 0) is 79.9 Å². The topological polar surface area (TPSA) is 9.23 Å². The third-order valence-corrected chi connectivity index (χ3v) is 6.39. The first-order valence-corrected chi connectivity index (χ1v) is 10.5. The lowest BCUT2D eigenvalue weighted by Gasteiger charge is -2.35. The largest absolute Gasteiger partial charge is 0.494 e. The lowest BCUT2D eigenvalue weighted by Crippen LogP contribution is -2.23. The molecule has 1 aromatic carbocycles. The molecule has 1 aromatic rings. The van der Waals surface area contributed by atoms with Crippen molar-refractivity contribution in [2.75, 3.05) is 6.61 Å². The van der Waals surface area contributed by atoms with Crippen LogP contribution in [0.2, 0.25) is 0 Å². The van der Waals surface area contributed by atoms with Gasteiger partial charge in [0.15, 0.2) is 11.6 Å². The van der Waals surface area contributed by atoms with Crippen molar-refractivity contribution in [2.45, 2.75) is 70.6 Å². The number of benzene rings is 1. The van der Waals surface area contributed by atoms with E-state index in [4.69, 9.17) is 4.74 Å². The summed E-state index contributed by atoms with van der Waals surface area (Å²) in [4.78, 5) is 0. The molecule has 2 aliphatic carbocycles. The van der Waals surface area contributed by atoms with Gasteiger partial charge >= 0.3 is 0 Å². The number of hydrogen-bond donors (Lipinski definition) is 0. The second-order valence-corrected chi connectivity index (χ2v) is 8.11. The van der Waals surface area contributed by atoms with Crippen LogP contribution in [0.1, 0.15) is 75.3 Å². The molecule has 148 valence electrons. The highest BCUT2D eigenvalue weighted by molar-refractivity contribution is 5.29. The summed E-state index contributed by atoms with van der Waals surface area (Å²) in [5.74, 6) is 1.44. The standard InChI is InChI=1S/C24H32F2O/c1-3-5-20-12-15-22(24(26)23(20)25)19-8-6-17(7-9-19)18-10-13-21(14-11-18)27-16-4-2/h4,12-13,15,17-19H,2-3,5-11,14,16H2,1H3/t17?,18-,19?/m0/s1. The molecule has 0 aromatic heterocycles. The van der Waals surface area contributed by atoms with Crippen LogP contribution in [0.4, 0.5) is 8.78 Å². The van der Waals surface area contributed by atoms with Crippen LogP contribution in [0.5, 0.6) is 0 Å². The van der Waals surface area contributed by atoms with Crippen molar-refractivity contribution in [1.82, 2.24) is 0 Å². The Hall–Kier alpha value is -1.64. The summed E-state index contributed by atoms with van der Waals surface area (Å²) < 4.78 is 34.5. The summed E-state index contributed by atoms with van der Waals surface area (Å²) in [5, 5.41) is 0. The monoisotopic (exact) mass is 374 g/mol. The van der Waals surface area contributed by atoms with Crippen LogP contribution in [0.25, 0.3) is 0 Å². The normalized spacial score (nSPS) is 25.7. The van der Waals surface area contributed by atoms with E-state index in [1.165, 1.54) is 6.42 Å². The molecule has 1 fully saturated rings. The predicted molar refractivity (Wildman–Crippen MR) is 107 cm³/mol. The second-order valence-electron chi connectivity index (χ2n) is 8.11. The van der Waals surface area contributed by atoms with Gasteiger partial charge in [0.2, 0.25) is 0 Å². The first-order chi connectivity index (χ1) is 13.1. The zero-order valence-corrected chi connectivity index (χ0v) is 16.5. The maximum atomic E-state index is 14.6. The minimum atomic E-state index is -0.624. The fraction of sp³-hybridized carbons (Fsp3) is 0.583. The first kappa shape index (κ1) is 20.1. The molecule has 0 heterocycles. The van der Waals surface area contributed by atoms with Crippen LogP contribution in [-0.4, -0.2) is 6.61 Å². The van der Waals surface area contributed by atoms with Crippen LogP contribution in [0.15, 0.2) is 36.6 Å². The fourth-order valence-electron chi connectivity index (χ4n) is 4.84. The molecule has 3 rings (SSSR count). The fourth-order valence-corrected chi connectivity index (χ4v) is 4.84. The van der Waals surface area contributed by atoms with Crippen molar-refractivity contribution < 1.29 is 13.5 Å². The average Bonchev–Trinajstić information content (AvgIpc) is 2.71. The van der Waals surface area contributed by atoms with E-state index in [-0.39, 0.29) is 5.92 Å². The average molecular weight is 375 g/mol. The summed E-state index contributed by atoms with van der Waals surface area (Å²) in [6.07, 6.45) is 12.9. The summed E-state index contributed by atoms with van der Waals surface area (Å²) in [7, 11) is 0. The highest BCUT2D eigenvalue weighted by Gasteiger charge is 2.31. The van der Waals surface area contributed by atoms with E-state index >= 15 is 0 Å². The van der Waals surface area contributed by atoms with Gasteiger partial charge in [0, 0.05) is 6.42 Å². The van der Waals surface area contributed by atoms with Crippen molar-refractivity contribution >= 4 is 0 Å². The van der Waals surface area contributed by atoms with Gasteiger partial charge in [0.25, 0.3) is 0 Å². The molecule has 0 N–H and O–H groups in total. The Morgan fingerprint density at radius 2 is 1.85 bits per heavy atom. The van der Waals surface area contributed by atoms with Gasteiger partial charge in [-0.1, -0.05) is 38.1 Å². The molecule has 0 unspecified atom stereocenters. The number of hydrogen-bond acceptors (Lipinski definition) is 1. The maximum absolute atomic E-state index is 14.6. The molecule has 0 aliphatic heterocycles. The molecular weight excluding hydrogens is 342 g/mol. The van der Waals surface area contributed by atoms with E-state index in [1.807, 2.05) is 13.0 Å². The molecule has 27 heavy (non-hydrogen) atoms. The number of allylic oxidation sites excluding steroid dienone is 2. The van der Waals surface area contributed by atoms with Crippen molar-refractivity contribution in [2.24, 2.45) is 11.8 Å². The van der Waals surface area contributed by atoms with Gasteiger partial charge in [-0.3, -0.25) is 0 Å². The Morgan fingerprint density at radius 3 is 2.48 bits per heavy atom. The van der Waals surface area contributed by atoms with Crippen molar-refractivity contribution in [3.05, 3.63) is 59.4 Å². The minimum Gasteiger partial charge on any atom is -0.494 e. The van der Waals surface area contributed by atoms with E-state index in [1.54, 1.807) is 12.1 Å². The molecule has 1 saturated carbocycles. The Bertz CT molecular complexity index is 671. The Kier molecular flexibility index (Phi) is 7.09. The van der Waals surface area contributed by atoms with Gasteiger partial charge in [-0.25, -0.2) is 8.78 Å². The number of rotatable bonds is 7. The van der Waals surface area contributed by atoms with Gasteiger partial charge in [0.1, 0.15) is 6.61 Å². The molecule has 0 spiro atoms. The molecule has 0 bridgehead atoms. The number of ether oxygens (including phenoxy) is 1. The van der Waals surface area contributed by atoms with E-state index in [0.29, 0.717) is 36.0 Å². The summed E-state index contributed by atoms with van der Waals surface area (Å²) in [6, 6.07) is 3.63. The highest BCUT2D eigenvalue weighted by atomic mass is 19.2. The van der Waals surface area contributed by atoms with Gasteiger partial charge in [-0.2, -0.15) is 0 Å². The van der Waals surface area contributed by atoms with Crippen LogP contribution < -0.4 is 0 Å². The zero-order valence-electron chi connectivity index (χ0n) is 16.5. The van der Waals surface area contributed by atoms with Crippen LogP contribution in [0, 0.1) is 23.5 Å². The van der Waals surface area contributed by atoms with Gasteiger partial charge < -0.3 is 4.74 Å². The third-order valence-electron chi connectivity index (χ3n) is 6.39. The van der Waals surface area contributed by atoms with Crippen molar-refractivity contribution in [3.8, 4) is 0 Å². The minimum absolute atomic E-state index is 0.164. The lowest BCUT2D eigenvalue weighted by atomic mass is 9.70. The van der Waals surface area contributed by atoms with Crippen molar-refractivity contribution in [3.63, 3.8) is 0 Å². The summed E-state index contributed by atoms with van der Waals surface area (Å²) in [5.41, 5.74) is 1.10. The third kappa shape index (κ3) is 4.80. The van der Waals surface area contributed by atoms with Crippen LogP contribution in [-0.2, 0) is 11.2 Å². The van der Waals surface area contributed by atoms with Gasteiger partial charge in [0.05, 0.1) is 5.76 Å². The number of aryl methyl sites for hydroxylation is 1.